The second-order valence-electron chi connectivity index (χ2n) is 6.58. The molecule has 1 aromatic heterocycles. The minimum atomic E-state index is 0.402. The Morgan fingerprint density at radius 2 is 1.86 bits per heavy atom. The molecule has 1 N–H and O–H groups in total. The van der Waals surface area contributed by atoms with Gasteiger partial charge in [-0.2, -0.15) is 0 Å². The highest BCUT2D eigenvalue weighted by molar-refractivity contribution is 6.02. The molecule has 0 unspecified atom stereocenters. The Hall–Kier alpha value is -1.81. The van der Waals surface area contributed by atoms with Crippen molar-refractivity contribution < 1.29 is 0 Å². The van der Waals surface area contributed by atoms with Crippen molar-refractivity contribution in [3.63, 3.8) is 0 Å². The summed E-state index contributed by atoms with van der Waals surface area (Å²) >= 11 is 0. The van der Waals surface area contributed by atoms with E-state index in [1.807, 2.05) is 6.20 Å². The van der Waals surface area contributed by atoms with Crippen molar-refractivity contribution in [3.05, 3.63) is 30.0 Å². The van der Waals surface area contributed by atoms with Gasteiger partial charge in [0.1, 0.15) is 5.82 Å². The fraction of sp³-hybridized carbons (Fsp3) is 0.500. The average Bonchev–Trinajstić information content (AvgIpc) is 2.48. The molecule has 0 spiro atoms. The summed E-state index contributed by atoms with van der Waals surface area (Å²) in [5.41, 5.74) is 2.44. The lowest BCUT2D eigenvalue weighted by Crippen LogP contribution is -2.44. The van der Waals surface area contributed by atoms with Gasteiger partial charge in [-0.3, -0.25) is 0 Å². The second kappa shape index (κ2) is 6.13. The Morgan fingerprint density at radius 3 is 2.55 bits per heavy atom. The summed E-state index contributed by atoms with van der Waals surface area (Å²) in [5, 5.41) is 6.10. The highest BCUT2D eigenvalue weighted by Crippen LogP contribution is 2.33. The SMILES string of the molecule is Cc1cccc2c(N3CCN(C)CC3)ncc(NC(C)C)c12. The number of likely N-dealkylation sites (N-methyl/N-ethyl adjacent to an activating group) is 1. The molecule has 1 aliphatic rings. The lowest BCUT2D eigenvalue weighted by atomic mass is 10.0. The van der Waals surface area contributed by atoms with E-state index in [2.05, 4.69) is 61.1 Å². The minimum absolute atomic E-state index is 0.402. The van der Waals surface area contributed by atoms with Gasteiger partial charge in [0.2, 0.25) is 0 Å². The molecule has 118 valence electrons. The van der Waals surface area contributed by atoms with Crippen LogP contribution in [-0.2, 0) is 0 Å². The summed E-state index contributed by atoms with van der Waals surface area (Å²) in [6, 6.07) is 6.92. The fourth-order valence-corrected chi connectivity index (χ4v) is 3.16. The summed E-state index contributed by atoms with van der Waals surface area (Å²) in [6.07, 6.45) is 2.00. The van der Waals surface area contributed by atoms with Crippen molar-refractivity contribution in [1.82, 2.24) is 9.88 Å². The molecule has 4 nitrogen and oxygen atoms in total. The van der Waals surface area contributed by atoms with Crippen LogP contribution in [0.3, 0.4) is 0 Å². The van der Waals surface area contributed by atoms with Crippen LogP contribution in [0.15, 0.2) is 24.4 Å². The number of fused-ring (bicyclic) bond motifs is 1. The normalized spacial score (nSPS) is 16.5. The van der Waals surface area contributed by atoms with E-state index in [0.29, 0.717) is 6.04 Å². The maximum atomic E-state index is 4.79. The lowest BCUT2D eigenvalue weighted by molar-refractivity contribution is 0.312. The van der Waals surface area contributed by atoms with E-state index < -0.39 is 0 Å². The Kier molecular flexibility index (Phi) is 4.21. The number of aromatic nitrogens is 1. The summed E-state index contributed by atoms with van der Waals surface area (Å²) < 4.78 is 0. The molecule has 1 fully saturated rings. The maximum Gasteiger partial charge on any atom is 0.136 e. The first-order valence-corrected chi connectivity index (χ1v) is 8.14. The van der Waals surface area contributed by atoms with E-state index in [9.17, 15) is 0 Å². The molecule has 0 atom stereocenters. The molecule has 1 aromatic carbocycles. The number of aryl methyl sites for hydroxylation is 1. The predicted octanol–water partition coefficient (Wildman–Crippen LogP) is 3.12. The van der Waals surface area contributed by atoms with Crippen molar-refractivity contribution in [2.24, 2.45) is 0 Å². The topological polar surface area (TPSA) is 31.4 Å². The Morgan fingerprint density at radius 1 is 1.14 bits per heavy atom. The van der Waals surface area contributed by atoms with Crippen molar-refractivity contribution in [2.45, 2.75) is 26.8 Å². The lowest BCUT2D eigenvalue weighted by Gasteiger charge is -2.34. The number of pyridine rings is 1. The molecular weight excluding hydrogens is 272 g/mol. The van der Waals surface area contributed by atoms with Crippen LogP contribution in [0.1, 0.15) is 19.4 Å². The quantitative estimate of drug-likeness (QED) is 0.943. The fourth-order valence-electron chi connectivity index (χ4n) is 3.16. The van der Waals surface area contributed by atoms with Crippen LogP contribution in [0, 0.1) is 6.92 Å². The van der Waals surface area contributed by atoms with Gasteiger partial charge in [-0.25, -0.2) is 4.98 Å². The Bertz CT molecular complexity index is 657. The standard InChI is InChI=1S/C18H26N4/c1-13(2)20-16-12-19-18(22-10-8-21(4)9-11-22)15-7-5-6-14(3)17(15)16/h5-7,12-13,20H,8-11H2,1-4H3. The smallest absolute Gasteiger partial charge is 0.136 e. The van der Waals surface area contributed by atoms with E-state index in [-0.39, 0.29) is 0 Å². The van der Waals surface area contributed by atoms with Crippen LogP contribution >= 0.6 is 0 Å². The maximum absolute atomic E-state index is 4.79. The van der Waals surface area contributed by atoms with Crippen LogP contribution < -0.4 is 10.2 Å². The zero-order valence-corrected chi connectivity index (χ0v) is 14.1. The Labute approximate surface area is 133 Å². The largest absolute Gasteiger partial charge is 0.381 e. The van der Waals surface area contributed by atoms with Crippen molar-refractivity contribution in [2.75, 3.05) is 43.4 Å². The van der Waals surface area contributed by atoms with E-state index in [0.717, 1.165) is 37.7 Å². The van der Waals surface area contributed by atoms with Crippen LogP contribution in [0.25, 0.3) is 10.8 Å². The van der Waals surface area contributed by atoms with E-state index >= 15 is 0 Å². The highest BCUT2D eigenvalue weighted by Gasteiger charge is 2.19. The number of hydrogen-bond acceptors (Lipinski definition) is 4. The van der Waals surface area contributed by atoms with Crippen LogP contribution in [0.5, 0.6) is 0 Å². The van der Waals surface area contributed by atoms with Crippen molar-refractivity contribution in [1.29, 1.82) is 0 Å². The van der Waals surface area contributed by atoms with Gasteiger partial charge in [0.15, 0.2) is 0 Å². The van der Waals surface area contributed by atoms with Gasteiger partial charge in [0.25, 0.3) is 0 Å². The van der Waals surface area contributed by atoms with Crippen LogP contribution in [0.4, 0.5) is 11.5 Å². The van der Waals surface area contributed by atoms with Crippen LogP contribution in [-0.4, -0.2) is 49.2 Å². The molecule has 4 heteroatoms. The zero-order chi connectivity index (χ0) is 15.7. The van der Waals surface area contributed by atoms with Gasteiger partial charge < -0.3 is 15.1 Å². The van der Waals surface area contributed by atoms with Gasteiger partial charge in [-0.05, 0) is 33.4 Å². The highest BCUT2D eigenvalue weighted by atomic mass is 15.3. The van der Waals surface area contributed by atoms with Crippen LogP contribution in [0.2, 0.25) is 0 Å². The van der Waals surface area contributed by atoms with Crippen molar-refractivity contribution >= 4 is 22.3 Å². The summed E-state index contributed by atoms with van der Waals surface area (Å²) in [5.74, 6) is 1.13. The third-order valence-electron chi connectivity index (χ3n) is 4.35. The summed E-state index contributed by atoms with van der Waals surface area (Å²) in [6.45, 7) is 10.8. The van der Waals surface area contributed by atoms with E-state index in [1.54, 1.807) is 0 Å². The van der Waals surface area contributed by atoms with E-state index in [1.165, 1.54) is 16.3 Å². The molecule has 1 aliphatic heterocycles. The Balaban J connectivity index is 2.07. The molecule has 2 heterocycles. The number of hydrogen-bond donors (Lipinski definition) is 1. The van der Waals surface area contributed by atoms with Gasteiger partial charge in [-0.15, -0.1) is 0 Å². The third kappa shape index (κ3) is 2.88. The summed E-state index contributed by atoms with van der Waals surface area (Å²) in [7, 11) is 2.18. The average molecular weight is 298 g/mol. The minimum Gasteiger partial charge on any atom is -0.381 e. The molecule has 0 amide bonds. The predicted molar refractivity (Wildman–Crippen MR) is 94.9 cm³/mol. The first kappa shape index (κ1) is 15.1. The van der Waals surface area contributed by atoms with Gasteiger partial charge in [0, 0.05) is 43.0 Å². The molecule has 0 radical (unpaired) electrons. The molecular formula is C18H26N4. The number of piperazine rings is 1. The molecule has 0 saturated carbocycles. The third-order valence-corrected chi connectivity index (χ3v) is 4.35. The number of anilines is 2. The number of nitrogens with one attached hydrogen (secondary N) is 1. The van der Waals surface area contributed by atoms with Crippen molar-refractivity contribution in [3.8, 4) is 0 Å². The number of rotatable bonds is 3. The number of nitrogens with zero attached hydrogens (tertiary/aromatic N) is 3. The first-order valence-electron chi connectivity index (χ1n) is 8.14. The molecule has 3 rings (SSSR count). The monoisotopic (exact) mass is 298 g/mol. The molecule has 1 saturated heterocycles. The van der Waals surface area contributed by atoms with Gasteiger partial charge in [0.05, 0.1) is 11.9 Å². The van der Waals surface area contributed by atoms with Gasteiger partial charge >= 0.3 is 0 Å². The molecule has 2 aromatic rings. The van der Waals surface area contributed by atoms with E-state index in [4.69, 9.17) is 4.98 Å². The number of benzene rings is 1. The van der Waals surface area contributed by atoms with Gasteiger partial charge in [-0.1, -0.05) is 18.2 Å². The molecule has 22 heavy (non-hydrogen) atoms. The summed E-state index contributed by atoms with van der Waals surface area (Å²) in [4.78, 5) is 9.59. The first-order chi connectivity index (χ1) is 10.6. The molecule has 0 aliphatic carbocycles. The second-order valence-corrected chi connectivity index (χ2v) is 6.58. The molecule has 0 bridgehead atoms. The zero-order valence-electron chi connectivity index (χ0n) is 14.1.